The molecule has 0 radical (unpaired) electrons. The van der Waals surface area contributed by atoms with Crippen LogP contribution < -0.4 is 20.5 Å². The highest BCUT2D eigenvalue weighted by atomic mass is 16.6. The minimum atomic E-state index is 0.0777. The van der Waals surface area contributed by atoms with Crippen molar-refractivity contribution in [2.75, 3.05) is 26.3 Å². The number of hydrogen-bond acceptors (Lipinski definition) is 3. The number of nitrogens with two attached hydrogens (primary N) is 1. The van der Waals surface area contributed by atoms with E-state index in [-0.39, 0.29) is 5.41 Å². The van der Waals surface area contributed by atoms with E-state index in [0.717, 1.165) is 43.9 Å². The lowest BCUT2D eigenvalue weighted by molar-refractivity contribution is 0.171. The molecule has 1 saturated carbocycles. The summed E-state index contributed by atoms with van der Waals surface area (Å²) in [6.45, 7) is 4.96. The highest BCUT2D eigenvalue weighted by Gasteiger charge is 2.36. The fourth-order valence-corrected chi connectivity index (χ4v) is 3.51. The third-order valence-electron chi connectivity index (χ3n) is 4.82. The van der Waals surface area contributed by atoms with Gasteiger partial charge in [0.05, 0.1) is 6.54 Å². The first-order valence-corrected chi connectivity index (χ1v) is 8.67. The summed E-state index contributed by atoms with van der Waals surface area (Å²) in [4.78, 5) is 4.62. The molecule has 0 atom stereocenters. The predicted molar refractivity (Wildman–Crippen MR) is 92.4 cm³/mol. The second-order valence-corrected chi connectivity index (χ2v) is 6.47. The highest BCUT2D eigenvalue weighted by Crippen LogP contribution is 2.44. The van der Waals surface area contributed by atoms with E-state index < -0.39 is 0 Å². The van der Waals surface area contributed by atoms with E-state index in [1.54, 1.807) is 0 Å². The van der Waals surface area contributed by atoms with Gasteiger partial charge in [0, 0.05) is 12.0 Å². The zero-order valence-corrected chi connectivity index (χ0v) is 13.9. The van der Waals surface area contributed by atoms with Crippen LogP contribution in [0.3, 0.4) is 0 Å². The van der Waals surface area contributed by atoms with Gasteiger partial charge in [-0.05, 0) is 37.0 Å². The molecule has 1 heterocycles. The van der Waals surface area contributed by atoms with Crippen molar-refractivity contribution in [1.29, 1.82) is 0 Å². The van der Waals surface area contributed by atoms with E-state index in [2.05, 4.69) is 29.4 Å². The monoisotopic (exact) mass is 317 g/mol. The Hall–Kier alpha value is -1.91. The van der Waals surface area contributed by atoms with E-state index in [9.17, 15) is 0 Å². The van der Waals surface area contributed by atoms with Gasteiger partial charge in [-0.2, -0.15) is 0 Å². The van der Waals surface area contributed by atoms with Crippen molar-refractivity contribution in [2.24, 2.45) is 10.7 Å². The van der Waals surface area contributed by atoms with Gasteiger partial charge in [-0.15, -0.1) is 0 Å². The predicted octanol–water partition coefficient (Wildman–Crippen LogP) is 2.58. The molecule has 23 heavy (non-hydrogen) atoms. The minimum absolute atomic E-state index is 0.0777. The molecular formula is C18H27N3O2. The van der Waals surface area contributed by atoms with Crippen molar-refractivity contribution in [2.45, 2.75) is 44.4 Å². The zero-order chi connectivity index (χ0) is 16.1. The summed E-state index contributed by atoms with van der Waals surface area (Å²) in [5.74, 6) is 2.26. The van der Waals surface area contributed by atoms with Crippen LogP contribution >= 0.6 is 0 Å². The fourth-order valence-electron chi connectivity index (χ4n) is 3.51. The number of guanidine groups is 1. The topological polar surface area (TPSA) is 68.9 Å². The Balaban J connectivity index is 1.80. The first-order chi connectivity index (χ1) is 11.2. The van der Waals surface area contributed by atoms with Gasteiger partial charge in [0.1, 0.15) is 13.2 Å². The molecule has 5 nitrogen and oxygen atoms in total. The molecule has 0 unspecified atom stereocenters. The number of aliphatic imine (C=N–C) groups is 1. The molecular weight excluding hydrogens is 290 g/mol. The zero-order valence-electron chi connectivity index (χ0n) is 13.9. The lowest BCUT2D eigenvalue weighted by atomic mass is 9.79. The number of nitrogens with zero attached hydrogens (tertiary/aromatic N) is 1. The molecule has 0 spiro atoms. The third kappa shape index (κ3) is 3.54. The lowest BCUT2D eigenvalue weighted by Gasteiger charge is -2.29. The average molecular weight is 317 g/mol. The quantitative estimate of drug-likeness (QED) is 0.647. The average Bonchev–Trinajstić information content (AvgIpc) is 3.08. The molecule has 1 fully saturated rings. The highest BCUT2D eigenvalue weighted by molar-refractivity contribution is 5.77. The Bertz CT molecular complexity index is 565. The molecule has 0 aromatic heterocycles. The second-order valence-electron chi connectivity index (χ2n) is 6.47. The minimum Gasteiger partial charge on any atom is -0.486 e. The maximum absolute atomic E-state index is 5.98. The molecule has 1 aromatic carbocycles. The van der Waals surface area contributed by atoms with Crippen LogP contribution in [0.4, 0.5) is 0 Å². The summed E-state index contributed by atoms with van der Waals surface area (Å²) in [5.41, 5.74) is 7.36. The van der Waals surface area contributed by atoms with E-state index >= 15 is 0 Å². The summed E-state index contributed by atoms with van der Waals surface area (Å²) in [7, 11) is 0. The van der Waals surface area contributed by atoms with Crippen molar-refractivity contribution >= 4 is 5.96 Å². The van der Waals surface area contributed by atoms with Crippen molar-refractivity contribution in [3.05, 3.63) is 23.8 Å². The first kappa shape index (κ1) is 16.0. The van der Waals surface area contributed by atoms with Crippen molar-refractivity contribution in [3.63, 3.8) is 0 Å². The van der Waals surface area contributed by atoms with Crippen molar-refractivity contribution in [1.82, 2.24) is 5.32 Å². The Morgan fingerprint density at radius 2 is 1.96 bits per heavy atom. The summed E-state index contributed by atoms with van der Waals surface area (Å²) in [5, 5.41) is 3.16. The standard InChI is InChI=1S/C18H27N3O2/c1-2-9-20-17(19)21-13-18(7-3-4-8-18)14-5-6-15-16(12-14)23-11-10-22-15/h5-6,12H,2-4,7-11,13H2,1H3,(H3,19,20,21). The van der Waals surface area contributed by atoms with E-state index in [0.29, 0.717) is 19.2 Å². The van der Waals surface area contributed by atoms with Crippen LogP contribution in [0.1, 0.15) is 44.6 Å². The summed E-state index contributed by atoms with van der Waals surface area (Å²) in [6.07, 6.45) is 5.83. The number of nitrogens with one attached hydrogen (secondary N) is 1. The normalized spacial score (nSPS) is 19.6. The molecule has 5 heteroatoms. The van der Waals surface area contributed by atoms with Crippen LogP contribution in [-0.4, -0.2) is 32.3 Å². The van der Waals surface area contributed by atoms with Gasteiger partial charge < -0.3 is 20.5 Å². The molecule has 0 saturated heterocycles. The van der Waals surface area contributed by atoms with Gasteiger partial charge in [0.2, 0.25) is 0 Å². The Morgan fingerprint density at radius 1 is 1.22 bits per heavy atom. The second kappa shape index (κ2) is 7.11. The van der Waals surface area contributed by atoms with E-state index in [1.165, 1.54) is 18.4 Å². The molecule has 3 rings (SSSR count). The Labute approximate surface area is 138 Å². The van der Waals surface area contributed by atoms with Gasteiger partial charge in [0.15, 0.2) is 17.5 Å². The van der Waals surface area contributed by atoms with Crippen LogP contribution in [0, 0.1) is 0 Å². The number of benzene rings is 1. The summed E-state index contributed by atoms with van der Waals surface area (Å²) >= 11 is 0. The van der Waals surface area contributed by atoms with Crippen LogP contribution in [0.25, 0.3) is 0 Å². The van der Waals surface area contributed by atoms with Crippen LogP contribution in [-0.2, 0) is 5.41 Å². The van der Waals surface area contributed by atoms with Crippen LogP contribution in [0.5, 0.6) is 11.5 Å². The molecule has 1 aliphatic carbocycles. The Morgan fingerprint density at radius 3 is 2.70 bits per heavy atom. The van der Waals surface area contributed by atoms with E-state index in [4.69, 9.17) is 15.2 Å². The molecule has 3 N–H and O–H groups in total. The van der Waals surface area contributed by atoms with Gasteiger partial charge in [-0.25, -0.2) is 0 Å². The largest absolute Gasteiger partial charge is 0.486 e. The van der Waals surface area contributed by atoms with Gasteiger partial charge in [-0.1, -0.05) is 25.8 Å². The summed E-state index contributed by atoms with van der Waals surface area (Å²) < 4.78 is 11.4. The number of fused-ring (bicyclic) bond motifs is 1. The Kier molecular flexibility index (Phi) is 4.94. The summed E-state index contributed by atoms with van der Waals surface area (Å²) in [6, 6.07) is 6.35. The fraction of sp³-hybridized carbons (Fsp3) is 0.611. The molecule has 2 aliphatic rings. The van der Waals surface area contributed by atoms with Crippen molar-refractivity contribution in [3.8, 4) is 11.5 Å². The number of hydrogen-bond donors (Lipinski definition) is 2. The SMILES string of the molecule is CCCNC(N)=NCC1(c2ccc3c(c2)OCCO3)CCCC1. The van der Waals surface area contributed by atoms with Gasteiger partial charge >= 0.3 is 0 Å². The number of ether oxygens (including phenoxy) is 2. The third-order valence-corrected chi connectivity index (χ3v) is 4.82. The molecule has 1 aromatic rings. The lowest BCUT2D eigenvalue weighted by Crippen LogP contribution is -2.35. The van der Waals surface area contributed by atoms with Gasteiger partial charge in [-0.3, -0.25) is 4.99 Å². The molecule has 126 valence electrons. The van der Waals surface area contributed by atoms with Crippen LogP contribution in [0.15, 0.2) is 23.2 Å². The van der Waals surface area contributed by atoms with Gasteiger partial charge in [0.25, 0.3) is 0 Å². The maximum Gasteiger partial charge on any atom is 0.188 e. The molecule has 0 bridgehead atoms. The smallest absolute Gasteiger partial charge is 0.188 e. The van der Waals surface area contributed by atoms with Crippen LogP contribution in [0.2, 0.25) is 0 Å². The van der Waals surface area contributed by atoms with E-state index in [1.807, 2.05) is 6.07 Å². The van der Waals surface area contributed by atoms with Crippen molar-refractivity contribution < 1.29 is 9.47 Å². The maximum atomic E-state index is 5.98. The first-order valence-electron chi connectivity index (χ1n) is 8.67. The number of rotatable bonds is 5. The molecule has 1 aliphatic heterocycles. The molecule has 0 amide bonds.